The van der Waals surface area contributed by atoms with E-state index in [4.69, 9.17) is 11.6 Å². The highest BCUT2D eigenvalue weighted by Crippen LogP contribution is 2.29. The van der Waals surface area contributed by atoms with Crippen LogP contribution in [0.1, 0.15) is 33.4 Å². The molecule has 0 heterocycles. The molecule has 0 atom stereocenters. The summed E-state index contributed by atoms with van der Waals surface area (Å²) in [5.41, 5.74) is 8.65. The summed E-state index contributed by atoms with van der Waals surface area (Å²) in [5, 5.41) is 4.42. The van der Waals surface area contributed by atoms with Crippen LogP contribution in [0, 0.1) is 34.6 Å². The number of carbonyl (C=O) groups excluding carboxylic acids is 1. The van der Waals surface area contributed by atoms with Crippen molar-refractivity contribution in [3.8, 4) is 0 Å². The molecule has 8 heteroatoms. The maximum Gasteiger partial charge on any atom is 0.264 e. The van der Waals surface area contributed by atoms with Crippen LogP contribution < -0.4 is 9.73 Å². The zero-order valence-electron chi connectivity index (χ0n) is 19.9. The van der Waals surface area contributed by atoms with Crippen molar-refractivity contribution in [2.24, 2.45) is 5.10 Å². The number of carbonyl (C=O) groups is 1. The number of hydrogen-bond acceptors (Lipinski definition) is 4. The van der Waals surface area contributed by atoms with Crippen molar-refractivity contribution >= 4 is 39.4 Å². The van der Waals surface area contributed by atoms with E-state index in [1.165, 1.54) is 23.8 Å². The first-order valence-electron chi connectivity index (χ1n) is 10.7. The van der Waals surface area contributed by atoms with Gasteiger partial charge < -0.3 is 0 Å². The molecule has 0 fully saturated rings. The Kier molecular flexibility index (Phi) is 7.79. The second kappa shape index (κ2) is 10.4. The third-order valence-electron chi connectivity index (χ3n) is 5.83. The molecule has 34 heavy (non-hydrogen) atoms. The van der Waals surface area contributed by atoms with E-state index in [1.54, 1.807) is 37.4 Å². The normalized spacial score (nSPS) is 11.6. The van der Waals surface area contributed by atoms with Gasteiger partial charge in [-0.1, -0.05) is 47.5 Å². The summed E-state index contributed by atoms with van der Waals surface area (Å²) in [6, 6.07) is 15.3. The molecule has 3 aromatic carbocycles. The minimum absolute atomic E-state index is 0.0829. The number of anilines is 1. The molecule has 178 valence electrons. The third-order valence-corrected chi connectivity index (χ3v) is 7.84. The largest absolute Gasteiger partial charge is 0.271 e. The monoisotopic (exact) mass is 497 g/mol. The lowest BCUT2D eigenvalue weighted by Gasteiger charge is -2.25. The lowest BCUT2D eigenvalue weighted by Crippen LogP contribution is -2.40. The van der Waals surface area contributed by atoms with Gasteiger partial charge in [0.2, 0.25) is 0 Å². The molecule has 6 nitrogen and oxygen atoms in total. The van der Waals surface area contributed by atoms with Crippen molar-refractivity contribution in [1.82, 2.24) is 5.43 Å². The first-order valence-corrected chi connectivity index (χ1v) is 12.6. The third kappa shape index (κ3) is 5.66. The standard InChI is InChI=1S/C26H28ClN3O3S/c1-17-6-12-24(13-7-17)34(32,33)30(25-14-23(27)11-9-19(25)3)16-26(31)29-28-15-22-10-8-18(2)20(4)21(22)5/h6-15H,16H2,1-5H3,(H,29,31)/b28-15-. The second-order valence-corrected chi connectivity index (χ2v) is 10.6. The van der Waals surface area contributed by atoms with E-state index in [0.717, 1.165) is 26.6 Å². The molecule has 0 spiro atoms. The van der Waals surface area contributed by atoms with E-state index >= 15 is 0 Å². The number of aryl methyl sites for hydroxylation is 3. The molecule has 0 aliphatic heterocycles. The molecular weight excluding hydrogens is 470 g/mol. The summed E-state index contributed by atoms with van der Waals surface area (Å²) in [5.74, 6) is -0.576. The van der Waals surface area contributed by atoms with Crippen molar-refractivity contribution in [1.29, 1.82) is 0 Å². The summed E-state index contributed by atoms with van der Waals surface area (Å²) in [4.78, 5) is 12.9. The Labute approximate surface area is 206 Å². The number of sulfonamides is 1. The Balaban J connectivity index is 1.90. The lowest BCUT2D eigenvalue weighted by molar-refractivity contribution is -0.119. The lowest BCUT2D eigenvalue weighted by atomic mass is 10.00. The van der Waals surface area contributed by atoms with Gasteiger partial charge in [0, 0.05) is 5.02 Å². The summed E-state index contributed by atoms with van der Waals surface area (Å²) < 4.78 is 28.1. The molecule has 0 saturated carbocycles. The van der Waals surface area contributed by atoms with Crippen LogP contribution in [0.5, 0.6) is 0 Å². The fraction of sp³-hybridized carbons (Fsp3) is 0.231. The van der Waals surface area contributed by atoms with Gasteiger partial charge in [0.1, 0.15) is 6.54 Å². The number of nitrogens with zero attached hydrogens (tertiary/aromatic N) is 2. The van der Waals surface area contributed by atoms with Gasteiger partial charge in [-0.2, -0.15) is 5.10 Å². The highest BCUT2D eigenvalue weighted by Gasteiger charge is 2.28. The fourth-order valence-corrected chi connectivity index (χ4v) is 5.09. The molecule has 3 aromatic rings. The zero-order chi connectivity index (χ0) is 25.0. The molecule has 0 bridgehead atoms. The number of halogens is 1. The van der Waals surface area contributed by atoms with Crippen LogP contribution >= 0.6 is 11.6 Å². The van der Waals surface area contributed by atoms with Crippen LogP contribution in [-0.4, -0.2) is 27.1 Å². The predicted molar refractivity (Wildman–Crippen MR) is 138 cm³/mol. The molecule has 0 saturated heterocycles. The molecule has 0 aliphatic rings. The minimum Gasteiger partial charge on any atom is -0.271 e. The summed E-state index contributed by atoms with van der Waals surface area (Å²) >= 11 is 6.16. The van der Waals surface area contributed by atoms with Gasteiger partial charge in [-0.25, -0.2) is 13.8 Å². The Morgan fingerprint density at radius 2 is 1.59 bits per heavy atom. The van der Waals surface area contributed by atoms with Crippen LogP contribution in [0.3, 0.4) is 0 Å². The maximum atomic E-state index is 13.5. The number of hydrogen-bond donors (Lipinski definition) is 1. The maximum absolute atomic E-state index is 13.5. The average molecular weight is 498 g/mol. The Morgan fingerprint density at radius 1 is 0.941 bits per heavy atom. The number of nitrogens with one attached hydrogen (secondary N) is 1. The smallest absolute Gasteiger partial charge is 0.264 e. The molecule has 0 unspecified atom stereocenters. The molecular formula is C26H28ClN3O3S. The van der Waals surface area contributed by atoms with Gasteiger partial charge in [-0.15, -0.1) is 0 Å². The number of rotatable bonds is 7. The molecule has 0 radical (unpaired) electrons. The molecule has 3 rings (SSSR count). The zero-order valence-corrected chi connectivity index (χ0v) is 21.5. The van der Waals surface area contributed by atoms with Gasteiger partial charge in [0.15, 0.2) is 0 Å². The second-order valence-electron chi connectivity index (χ2n) is 8.27. The minimum atomic E-state index is -4.04. The van der Waals surface area contributed by atoms with E-state index in [-0.39, 0.29) is 4.90 Å². The van der Waals surface area contributed by atoms with Crippen molar-refractivity contribution in [2.75, 3.05) is 10.8 Å². The molecule has 1 amide bonds. The quantitative estimate of drug-likeness (QED) is 0.358. The highest BCUT2D eigenvalue weighted by atomic mass is 35.5. The number of amides is 1. The van der Waals surface area contributed by atoms with Crippen molar-refractivity contribution in [3.05, 3.63) is 93.0 Å². The molecule has 0 aromatic heterocycles. The van der Waals surface area contributed by atoms with Gasteiger partial charge in [-0.05, 0) is 86.7 Å². The summed E-state index contributed by atoms with van der Waals surface area (Å²) in [7, 11) is -4.04. The van der Waals surface area contributed by atoms with Crippen molar-refractivity contribution < 1.29 is 13.2 Å². The van der Waals surface area contributed by atoms with Crippen LogP contribution in [0.25, 0.3) is 0 Å². The van der Waals surface area contributed by atoms with E-state index in [0.29, 0.717) is 16.3 Å². The van der Waals surface area contributed by atoms with E-state index < -0.39 is 22.5 Å². The van der Waals surface area contributed by atoms with Gasteiger partial charge in [-0.3, -0.25) is 9.10 Å². The molecule has 1 N–H and O–H groups in total. The SMILES string of the molecule is Cc1ccc(S(=O)(=O)N(CC(=O)N/N=C\c2ccc(C)c(C)c2C)c2cc(Cl)ccc2C)cc1. The van der Waals surface area contributed by atoms with Crippen LogP contribution in [0.4, 0.5) is 5.69 Å². The number of benzene rings is 3. The van der Waals surface area contributed by atoms with Crippen LogP contribution in [0.2, 0.25) is 5.02 Å². The van der Waals surface area contributed by atoms with Gasteiger partial charge in [0.05, 0.1) is 16.8 Å². The first-order chi connectivity index (χ1) is 16.0. The fourth-order valence-electron chi connectivity index (χ4n) is 3.44. The van der Waals surface area contributed by atoms with Crippen LogP contribution in [-0.2, 0) is 14.8 Å². The van der Waals surface area contributed by atoms with Crippen LogP contribution in [0.15, 0.2) is 64.6 Å². The Bertz CT molecular complexity index is 1350. The molecule has 0 aliphatic carbocycles. The number of hydrazone groups is 1. The van der Waals surface area contributed by atoms with E-state index in [1.807, 2.05) is 39.8 Å². The summed E-state index contributed by atoms with van der Waals surface area (Å²) in [6.07, 6.45) is 1.56. The van der Waals surface area contributed by atoms with E-state index in [9.17, 15) is 13.2 Å². The van der Waals surface area contributed by atoms with Gasteiger partial charge in [0.25, 0.3) is 15.9 Å². The first kappa shape index (κ1) is 25.5. The van der Waals surface area contributed by atoms with Gasteiger partial charge >= 0.3 is 0 Å². The summed E-state index contributed by atoms with van der Waals surface area (Å²) in [6.45, 7) is 9.23. The van der Waals surface area contributed by atoms with Crippen molar-refractivity contribution in [2.45, 2.75) is 39.5 Å². The topological polar surface area (TPSA) is 78.8 Å². The highest BCUT2D eigenvalue weighted by molar-refractivity contribution is 7.92. The van der Waals surface area contributed by atoms with Crippen molar-refractivity contribution in [3.63, 3.8) is 0 Å². The Morgan fingerprint density at radius 3 is 2.26 bits per heavy atom. The Hall–Kier alpha value is -3.16. The predicted octanol–water partition coefficient (Wildman–Crippen LogP) is 5.23. The average Bonchev–Trinajstić information content (AvgIpc) is 2.79. The van der Waals surface area contributed by atoms with E-state index in [2.05, 4.69) is 10.5 Å².